The molecular formula is C23H24ClF3N6O4. The minimum absolute atomic E-state index is 0.0717. The van der Waals surface area contributed by atoms with Gasteiger partial charge in [-0.2, -0.15) is 13.2 Å². The molecule has 2 aromatic rings. The van der Waals surface area contributed by atoms with Crippen molar-refractivity contribution < 1.29 is 22.8 Å². The molecule has 1 fully saturated rings. The molecule has 2 aliphatic rings. The van der Waals surface area contributed by atoms with E-state index in [9.17, 15) is 27.6 Å². The van der Waals surface area contributed by atoms with Crippen LogP contribution in [0.3, 0.4) is 0 Å². The van der Waals surface area contributed by atoms with E-state index in [0.29, 0.717) is 41.8 Å². The van der Waals surface area contributed by atoms with E-state index >= 15 is 0 Å². The highest BCUT2D eigenvalue weighted by Gasteiger charge is 2.50. The molecule has 0 amide bonds. The van der Waals surface area contributed by atoms with Crippen LogP contribution in [0.5, 0.6) is 0 Å². The van der Waals surface area contributed by atoms with Gasteiger partial charge < -0.3 is 15.1 Å². The van der Waals surface area contributed by atoms with E-state index in [1.807, 2.05) is 0 Å². The van der Waals surface area contributed by atoms with Crippen molar-refractivity contribution >= 4 is 29.1 Å². The second kappa shape index (κ2) is 10.5. The predicted octanol–water partition coefficient (Wildman–Crippen LogP) is 1.11. The number of hydrogen-bond donors (Lipinski definition) is 1. The van der Waals surface area contributed by atoms with Crippen molar-refractivity contribution in [2.75, 3.05) is 42.7 Å². The quantitative estimate of drug-likeness (QED) is 0.564. The SMILES string of the molecule is CC#CCN1c2c(n(C)c(=O)n(Cc3ccccc3Cl)c2=O)N(OC(=O)C(F)(F)F)C1N1CCNCC1. The average Bonchev–Trinajstić information content (AvgIpc) is 3.18. The summed E-state index contributed by atoms with van der Waals surface area (Å²) >= 11 is 6.24. The fraction of sp³-hybridized carbons (Fsp3) is 0.435. The minimum Gasteiger partial charge on any atom is -0.327 e. The number of carbonyl (C=O) groups excluding carboxylic acids is 1. The van der Waals surface area contributed by atoms with Crippen LogP contribution >= 0.6 is 11.6 Å². The maximum Gasteiger partial charge on any atom is 0.493 e. The molecule has 0 radical (unpaired) electrons. The number of alkyl halides is 3. The van der Waals surface area contributed by atoms with E-state index in [-0.39, 0.29) is 24.6 Å². The summed E-state index contributed by atoms with van der Waals surface area (Å²) in [6, 6.07) is 6.67. The first-order valence-corrected chi connectivity index (χ1v) is 11.7. The molecule has 0 bridgehead atoms. The summed E-state index contributed by atoms with van der Waals surface area (Å²) in [4.78, 5) is 47.1. The smallest absolute Gasteiger partial charge is 0.327 e. The molecule has 2 aliphatic heterocycles. The van der Waals surface area contributed by atoms with Crippen molar-refractivity contribution in [1.82, 2.24) is 19.4 Å². The molecule has 37 heavy (non-hydrogen) atoms. The molecule has 1 aromatic carbocycles. The number of rotatable bonds is 5. The van der Waals surface area contributed by atoms with Crippen molar-refractivity contribution in [2.24, 2.45) is 7.05 Å². The number of hydroxylamine groups is 1. The van der Waals surface area contributed by atoms with Gasteiger partial charge in [-0.1, -0.05) is 35.7 Å². The van der Waals surface area contributed by atoms with Gasteiger partial charge in [-0.3, -0.25) is 18.8 Å². The number of fused-ring (bicyclic) bond motifs is 1. The topological polar surface area (TPSA) is 92.0 Å². The van der Waals surface area contributed by atoms with E-state index in [4.69, 9.17) is 16.4 Å². The second-order valence-corrected chi connectivity index (χ2v) is 8.79. The fourth-order valence-electron chi connectivity index (χ4n) is 4.35. The van der Waals surface area contributed by atoms with Crippen LogP contribution in [0.4, 0.5) is 24.7 Å². The number of halogens is 4. The van der Waals surface area contributed by atoms with Gasteiger partial charge in [-0.05, 0) is 18.6 Å². The first-order valence-electron chi connectivity index (χ1n) is 11.3. The second-order valence-electron chi connectivity index (χ2n) is 8.39. The van der Waals surface area contributed by atoms with Crippen molar-refractivity contribution in [3.05, 3.63) is 55.7 Å². The van der Waals surface area contributed by atoms with Gasteiger partial charge in [0.05, 0.1) is 13.1 Å². The van der Waals surface area contributed by atoms with Crippen molar-refractivity contribution in [3.63, 3.8) is 0 Å². The zero-order chi connectivity index (χ0) is 26.9. The summed E-state index contributed by atoms with van der Waals surface area (Å²) in [5.74, 6) is 2.79. The zero-order valence-corrected chi connectivity index (χ0v) is 20.8. The maximum absolute atomic E-state index is 13.8. The summed E-state index contributed by atoms with van der Waals surface area (Å²) in [6.07, 6.45) is -6.44. The van der Waals surface area contributed by atoms with E-state index in [0.717, 1.165) is 9.13 Å². The highest BCUT2D eigenvalue weighted by atomic mass is 35.5. The summed E-state index contributed by atoms with van der Waals surface area (Å²) in [7, 11) is 1.29. The number of benzene rings is 1. The lowest BCUT2D eigenvalue weighted by Crippen LogP contribution is -2.61. The van der Waals surface area contributed by atoms with E-state index in [1.54, 1.807) is 36.1 Å². The van der Waals surface area contributed by atoms with Gasteiger partial charge in [-0.15, -0.1) is 11.0 Å². The van der Waals surface area contributed by atoms with Crippen LogP contribution in [0.1, 0.15) is 12.5 Å². The van der Waals surface area contributed by atoms with Crippen LogP contribution in [0, 0.1) is 11.8 Å². The molecule has 1 aromatic heterocycles. The van der Waals surface area contributed by atoms with Crippen LogP contribution in [0.15, 0.2) is 33.9 Å². The number of carbonyl (C=O) groups is 1. The van der Waals surface area contributed by atoms with Gasteiger partial charge in [0.25, 0.3) is 5.56 Å². The lowest BCUT2D eigenvalue weighted by molar-refractivity contribution is -0.203. The van der Waals surface area contributed by atoms with Crippen LogP contribution in [0.2, 0.25) is 5.02 Å². The standard InChI is InChI=1S/C23H24ClF3N6O4/c1-3-4-11-31-17-18(29(2)22(36)32(19(17)34)14-15-7-5-6-8-16(15)24)33(37-20(35)23(25,26)27)21(31)30-12-9-28-10-13-30/h5-8,21,28H,9-14H2,1-2H3. The first-order chi connectivity index (χ1) is 17.6. The summed E-state index contributed by atoms with van der Waals surface area (Å²) in [6.45, 7) is 3.10. The molecule has 3 heterocycles. The lowest BCUT2D eigenvalue weighted by Gasteiger charge is -2.40. The van der Waals surface area contributed by atoms with Crippen LogP contribution < -0.4 is 26.5 Å². The highest BCUT2D eigenvalue weighted by Crippen LogP contribution is 2.38. The number of aromatic nitrogens is 2. The molecule has 0 saturated carbocycles. The number of nitrogens with zero attached hydrogens (tertiary/aromatic N) is 5. The monoisotopic (exact) mass is 540 g/mol. The van der Waals surface area contributed by atoms with Gasteiger partial charge in [0, 0.05) is 38.2 Å². The molecule has 1 saturated heterocycles. The van der Waals surface area contributed by atoms with Crippen LogP contribution in [0.25, 0.3) is 0 Å². The molecular weight excluding hydrogens is 517 g/mol. The van der Waals surface area contributed by atoms with E-state index < -0.39 is 29.7 Å². The van der Waals surface area contributed by atoms with Gasteiger partial charge in [0.2, 0.25) is 0 Å². The Morgan fingerprint density at radius 3 is 2.51 bits per heavy atom. The molecule has 14 heteroatoms. The molecule has 0 aliphatic carbocycles. The Kier molecular flexibility index (Phi) is 7.54. The van der Waals surface area contributed by atoms with Crippen molar-refractivity contribution in [3.8, 4) is 11.8 Å². The molecule has 10 nitrogen and oxygen atoms in total. The van der Waals surface area contributed by atoms with Crippen LogP contribution in [-0.2, 0) is 23.2 Å². The number of hydrogen-bond acceptors (Lipinski definition) is 8. The van der Waals surface area contributed by atoms with Gasteiger partial charge in [0.15, 0.2) is 17.8 Å². The van der Waals surface area contributed by atoms with Gasteiger partial charge in [0.1, 0.15) is 0 Å². The Morgan fingerprint density at radius 2 is 1.89 bits per heavy atom. The fourth-order valence-corrected chi connectivity index (χ4v) is 4.54. The van der Waals surface area contributed by atoms with Crippen LogP contribution in [-0.4, -0.2) is 65.2 Å². The Hall–Kier alpha value is -3.47. The predicted molar refractivity (Wildman–Crippen MR) is 130 cm³/mol. The Morgan fingerprint density at radius 1 is 1.22 bits per heavy atom. The average molecular weight is 541 g/mol. The lowest BCUT2D eigenvalue weighted by atomic mass is 10.2. The third kappa shape index (κ3) is 5.04. The Labute approximate surface area is 214 Å². The first kappa shape index (κ1) is 26.6. The van der Waals surface area contributed by atoms with Crippen molar-refractivity contribution in [1.29, 1.82) is 0 Å². The normalized spacial score (nSPS) is 17.8. The number of anilines is 2. The Balaban J connectivity index is 1.93. The molecule has 198 valence electrons. The maximum atomic E-state index is 13.8. The third-order valence-corrected chi connectivity index (χ3v) is 6.45. The van der Waals surface area contributed by atoms with Crippen molar-refractivity contribution in [2.45, 2.75) is 25.9 Å². The summed E-state index contributed by atoms with van der Waals surface area (Å²) < 4.78 is 41.7. The van der Waals surface area contributed by atoms with Gasteiger partial charge in [-0.25, -0.2) is 9.59 Å². The molecule has 1 N–H and O–H groups in total. The summed E-state index contributed by atoms with van der Waals surface area (Å²) in [5, 5.41) is 4.17. The third-order valence-electron chi connectivity index (χ3n) is 6.08. The summed E-state index contributed by atoms with van der Waals surface area (Å²) in [5.41, 5.74) is -1.21. The van der Waals surface area contributed by atoms with Gasteiger partial charge >= 0.3 is 17.8 Å². The highest BCUT2D eigenvalue weighted by molar-refractivity contribution is 6.31. The largest absolute Gasteiger partial charge is 0.493 e. The molecule has 4 rings (SSSR count). The van der Waals surface area contributed by atoms with E-state index in [1.165, 1.54) is 11.9 Å². The Bertz CT molecular complexity index is 1370. The van der Waals surface area contributed by atoms with E-state index in [2.05, 4.69) is 17.2 Å². The molecule has 0 spiro atoms. The number of piperazine rings is 1. The zero-order valence-electron chi connectivity index (χ0n) is 20.0. The molecule has 1 unspecified atom stereocenters. The number of nitrogens with one attached hydrogen (secondary N) is 1. The molecule has 1 atom stereocenters. The minimum atomic E-state index is -5.30.